The van der Waals surface area contributed by atoms with Gasteiger partial charge in [0.1, 0.15) is 11.6 Å². The van der Waals surface area contributed by atoms with Crippen LogP contribution < -0.4 is 10.6 Å². The molecule has 3 N–H and O–H groups in total. The van der Waals surface area contributed by atoms with E-state index in [4.69, 9.17) is 4.74 Å². The maximum Gasteiger partial charge on any atom is 0.408 e. The molecule has 2 amide bonds. The van der Waals surface area contributed by atoms with Crippen LogP contribution in [0.1, 0.15) is 27.7 Å². The summed E-state index contributed by atoms with van der Waals surface area (Å²) in [4.78, 5) is 22.7. The smallest absolute Gasteiger partial charge is 0.408 e. The van der Waals surface area contributed by atoms with Crippen molar-refractivity contribution < 1.29 is 19.4 Å². The molecule has 0 rings (SSSR count). The fourth-order valence-corrected chi connectivity index (χ4v) is 0.995. The lowest BCUT2D eigenvalue weighted by molar-refractivity contribution is -0.125. The van der Waals surface area contributed by atoms with Crippen LogP contribution >= 0.6 is 0 Å². The Kier molecular flexibility index (Phi) is 5.23. The third-order valence-electron chi connectivity index (χ3n) is 1.68. The van der Waals surface area contributed by atoms with E-state index in [0.29, 0.717) is 0 Å². The molecule has 0 aromatic heterocycles. The normalized spacial score (nSPS) is 14.9. The summed E-state index contributed by atoms with van der Waals surface area (Å²) in [6.07, 6.45) is -1.73. The molecule has 6 heteroatoms. The van der Waals surface area contributed by atoms with Crippen LogP contribution in [-0.4, -0.2) is 41.9 Å². The monoisotopic (exact) mass is 232 g/mol. The summed E-state index contributed by atoms with van der Waals surface area (Å²) >= 11 is 0. The average Bonchev–Trinajstić information content (AvgIpc) is 2.09. The number of aliphatic hydroxyl groups excluding tert-OH is 1. The summed E-state index contributed by atoms with van der Waals surface area (Å²) in [5.74, 6) is -0.471. The molecule has 0 aromatic rings. The number of likely N-dealkylation sites (N-methyl/N-ethyl adjacent to an activating group) is 1. The highest BCUT2D eigenvalue weighted by molar-refractivity contribution is 5.86. The second kappa shape index (κ2) is 5.69. The minimum absolute atomic E-state index is 0.471. The van der Waals surface area contributed by atoms with Crippen molar-refractivity contribution in [1.82, 2.24) is 10.6 Å². The van der Waals surface area contributed by atoms with Gasteiger partial charge in [-0.1, -0.05) is 0 Å². The zero-order valence-electron chi connectivity index (χ0n) is 10.3. The van der Waals surface area contributed by atoms with Crippen molar-refractivity contribution in [1.29, 1.82) is 0 Å². The van der Waals surface area contributed by atoms with Crippen LogP contribution in [0, 0.1) is 0 Å². The van der Waals surface area contributed by atoms with Crippen LogP contribution in [0.5, 0.6) is 0 Å². The van der Waals surface area contributed by atoms with E-state index in [1.807, 2.05) is 0 Å². The molecule has 0 aliphatic rings. The fourth-order valence-electron chi connectivity index (χ4n) is 0.995. The second-order valence-electron chi connectivity index (χ2n) is 4.48. The lowest BCUT2D eigenvalue weighted by Gasteiger charge is -2.24. The Bertz CT molecular complexity index is 258. The van der Waals surface area contributed by atoms with Gasteiger partial charge in [-0.2, -0.15) is 0 Å². The van der Waals surface area contributed by atoms with Crippen LogP contribution in [0.2, 0.25) is 0 Å². The molecule has 2 atom stereocenters. The molecule has 0 heterocycles. The van der Waals surface area contributed by atoms with Crippen molar-refractivity contribution in [2.75, 3.05) is 7.05 Å². The molecule has 6 nitrogen and oxygen atoms in total. The first-order chi connectivity index (χ1) is 7.17. The lowest BCUT2D eigenvalue weighted by atomic mass is 10.1. The number of hydrogen-bond acceptors (Lipinski definition) is 4. The third kappa shape index (κ3) is 5.55. The summed E-state index contributed by atoms with van der Waals surface area (Å²) in [6.45, 7) is 6.55. The predicted molar refractivity (Wildman–Crippen MR) is 58.9 cm³/mol. The van der Waals surface area contributed by atoms with Gasteiger partial charge in [0.25, 0.3) is 0 Å². The highest BCUT2D eigenvalue weighted by atomic mass is 16.6. The van der Waals surface area contributed by atoms with Crippen molar-refractivity contribution in [2.45, 2.75) is 45.4 Å². The van der Waals surface area contributed by atoms with Gasteiger partial charge in [0.05, 0.1) is 6.10 Å². The molecule has 0 spiro atoms. The van der Waals surface area contributed by atoms with Crippen LogP contribution in [0.3, 0.4) is 0 Å². The number of aliphatic hydroxyl groups is 1. The number of ether oxygens (including phenoxy) is 1. The van der Waals surface area contributed by atoms with Gasteiger partial charge in [0.15, 0.2) is 0 Å². The molecular formula is C10H20N2O4. The van der Waals surface area contributed by atoms with E-state index < -0.39 is 29.7 Å². The molecule has 0 bridgehead atoms. The molecule has 94 valence electrons. The summed E-state index contributed by atoms with van der Waals surface area (Å²) in [5, 5.41) is 14.0. The Morgan fingerprint density at radius 2 is 1.81 bits per heavy atom. The Balaban J connectivity index is 4.42. The van der Waals surface area contributed by atoms with E-state index in [2.05, 4.69) is 10.6 Å². The number of rotatable bonds is 3. The summed E-state index contributed by atoms with van der Waals surface area (Å²) in [6, 6.07) is -1.01. The number of alkyl carbamates (subject to hydrolysis) is 1. The van der Waals surface area contributed by atoms with Gasteiger partial charge in [0, 0.05) is 7.05 Å². The second-order valence-corrected chi connectivity index (χ2v) is 4.48. The highest BCUT2D eigenvalue weighted by Gasteiger charge is 2.27. The molecular weight excluding hydrogens is 212 g/mol. The average molecular weight is 232 g/mol. The van der Waals surface area contributed by atoms with Crippen LogP contribution in [0.25, 0.3) is 0 Å². The molecule has 0 radical (unpaired) electrons. The van der Waals surface area contributed by atoms with Crippen molar-refractivity contribution >= 4 is 12.0 Å². The molecule has 0 aliphatic heterocycles. The summed E-state index contributed by atoms with van der Waals surface area (Å²) in [7, 11) is 1.43. The minimum atomic E-state index is -1.01. The lowest BCUT2D eigenvalue weighted by Crippen LogP contribution is -2.52. The van der Waals surface area contributed by atoms with Gasteiger partial charge >= 0.3 is 6.09 Å². The van der Waals surface area contributed by atoms with E-state index >= 15 is 0 Å². The molecule has 0 saturated carbocycles. The maximum absolute atomic E-state index is 11.4. The predicted octanol–water partition coefficient (Wildman–Crippen LogP) is 0.00650. The molecule has 16 heavy (non-hydrogen) atoms. The molecule has 0 aromatic carbocycles. The zero-order chi connectivity index (χ0) is 12.9. The SMILES string of the molecule is CNC(=O)[C@@H](NC(=O)OC(C)(C)C)[C@@H](C)O. The van der Waals surface area contributed by atoms with Gasteiger partial charge in [-0.3, -0.25) is 4.79 Å². The quantitative estimate of drug-likeness (QED) is 0.639. The summed E-state index contributed by atoms with van der Waals surface area (Å²) < 4.78 is 4.97. The molecule has 0 unspecified atom stereocenters. The first-order valence-electron chi connectivity index (χ1n) is 5.06. The van der Waals surface area contributed by atoms with Gasteiger partial charge < -0.3 is 20.5 Å². The molecule has 0 aliphatic carbocycles. The largest absolute Gasteiger partial charge is 0.444 e. The van der Waals surface area contributed by atoms with Crippen LogP contribution in [0.15, 0.2) is 0 Å². The Morgan fingerprint density at radius 1 is 1.31 bits per heavy atom. The maximum atomic E-state index is 11.4. The number of carbonyl (C=O) groups is 2. The Morgan fingerprint density at radius 3 is 2.12 bits per heavy atom. The first-order valence-corrected chi connectivity index (χ1v) is 5.06. The topological polar surface area (TPSA) is 87.7 Å². The van der Waals surface area contributed by atoms with E-state index in [1.165, 1.54) is 14.0 Å². The van der Waals surface area contributed by atoms with Gasteiger partial charge in [-0.25, -0.2) is 4.79 Å². The fraction of sp³-hybridized carbons (Fsp3) is 0.800. The highest BCUT2D eigenvalue weighted by Crippen LogP contribution is 2.07. The van der Waals surface area contributed by atoms with Crippen molar-refractivity contribution in [3.8, 4) is 0 Å². The number of carbonyl (C=O) groups excluding carboxylic acids is 2. The van der Waals surface area contributed by atoms with Crippen molar-refractivity contribution in [3.05, 3.63) is 0 Å². The van der Waals surface area contributed by atoms with E-state index in [0.717, 1.165) is 0 Å². The van der Waals surface area contributed by atoms with Gasteiger partial charge in [-0.15, -0.1) is 0 Å². The zero-order valence-corrected chi connectivity index (χ0v) is 10.3. The molecule has 0 saturated heterocycles. The summed E-state index contributed by atoms with van der Waals surface area (Å²) in [5.41, 5.74) is -0.643. The Labute approximate surface area is 95.4 Å². The van der Waals surface area contributed by atoms with E-state index in [-0.39, 0.29) is 0 Å². The third-order valence-corrected chi connectivity index (χ3v) is 1.68. The van der Waals surface area contributed by atoms with Crippen molar-refractivity contribution in [3.63, 3.8) is 0 Å². The first kappa shape index (κ1) is 14.7. The van der Waals surface area contributed by atoms with Gasteiger partial charge in [0.2, 0.25) is 5.91 Å². The number of hydrogen-bond donors (Lipinski definition) is 3. The van der Waals surface area contributed by atoms with Crippen LogP contribution in [0.4, 0.5) is 4.79 Å². The standard InChI is InChI=1S/C10H20N2O4/c1-6(13)7(8(14)11-5)12-9(15)16-10(2,3)4/h6-7,13H,1-5H3,(H,11,14)(H,12,15)/t6-,7+/m1/s1. The van der Waals surface area contributed by atoms with Gasteiger partial charge in [-0.05, 0) is 27.7 Å². The van der Waals surface area contributed by atoms with E-state index in [1.54, 1.807) is 20.8 Å². The van der Waals surface area contributed by atoms with Crippen molar-refractivity contribution in [2.24, 2.45) is 0 Å². The van der Waals surface area contributed by atoms with Crippen LogP contribution in [-0.2, 0) is 9.53 Å². The number of nitrogens with one attached hydrogen (secondary N) is 2. The molecule has 0 fully saturated rings. The minimum Gasteiger partial charge on any atom is -0.444 e. The number of amides is 2. The van der Waals surface area contributed by atoms with E-state index in [9.17, 15) is 14.7 Å². The Hall–Kier alpha value is -1.30.